The molecular formula is C14H20FNO. The SMILES string of the molecule is OCCCCNC1CC(c2ccc(F)cc2)C1. The highest BCUT2D eigenvalue weighted by atomic mass is 19.1. The zero-order valence-corrected chi connectivity index (χ0v) is 10.0. The van der Waals surface area contributed by atoms with Crippen LogP contribution in [0.15, 0.2) is 24.3 Å². The molecular weight excluding hydrogens is 217 g/mol. The zero-order chi connectivity index (χ0) is 12.1. The number of aliphatic hydroxyl groups excluding tert-OH is 1. The lowest BCUT2D eigenvalue weighted by Gasteiger charge is -2.36. The van der Waals surface area contributed by atoms with Crippen molar-refractivity contribution < 1.29 is 9.50 Å². The van der Waals surface area contributed by atoms with Gasteiger partial charge in [-0.1, -0.05) is 12.1 Å². The van der Waals surface area contributed by atoms with Crippen molar-refractivity contribution in [2.24, 2.45) is 0 Å². The van der Waals surface area contributed by atoms with Crippen molar-refractivity contribution in [3.05, 3.63) is 35.6 Å². The van der Waals surface area contributed by atoms with E-state index in [-0.39, 0.29) is 12.4 Å². The van der Waals surface area contributed by atoms with Gasteiger partial charge >= 0.3 is 0 Å². The average Bonchev–Trinajstić information content (AvgIpc) is 2.28. The Morgan fingerprint density at radius 3 is 2.53 bits per heavy atom. The van der Waals surface area contributed by atoms with Gasteiger partial charge in [0.05, 0.1) is 0 Å². The molecule has 1 aromatic carbocycles. The topological polar surface area (TPSA) is 32.3 Å². The smallest absolute Gasteiger partial charge is 0.123 e. The zero-order valence-electron chi connectivity index (χ0n) is 10.0. The van der Waals surface area contributed by atoms with Crippen LogP contribution in [0.4, 0.5) is 4.39 Å². The molecule has 1 aliphatic rings. The fourth-order valence-corrected chi connectivity index (χ4v) is 2.33. The molecule has 2 N–H and O–H groups in total. The molecule has 0 amide bonds. The normalized spacial score (nSPS) is 23.4. The maximum atomic E-state index is 12.8. The van der Waals surface area contributed by atoms with Gasteiger partial charge in [0.25, 0.3) is 0 Å². The minimum absolute atomic E-state index is 0.160. The van der Waals surface area contributed by atoms with Crippen molar-refractivity contribution in [2.75, 3.05) is 13.2 Å². The van der Waals surface area contributed by atoms with E-state index in [1.165, 1.54) is 17.7 Å². The fourth-order valence-electron chi connectivity index (χ4n) is 2.33. The first-order chi connectivity index (χ1) is 8.29. The van der Waals surface area contributed by atoms with E-state index in [2.05, 4.69) is 5.32 Å². The maximum absolute atomic E-state index is 12.8. The Kier molecular flexibility index (Phi) is 4.51. The van der Waals surface area contributed by atoms with E-state index in [1.807, 2.05) is 12.1 Å². The van der Waals surface area contributed by atoms with Crippen LogP contribution in [0.2, 0.25) is 0 Å². The van der Waals surface area contributed by atoms with Gasteiger partial charge in [-0.2, -0.15) is 0 Å². The lowest BCUT2D eigenvalue weighted by molar-refractivity contribution is 0.267. The van der Waals surface area contributed by atoms with Gasteiger partial charge < -0.3 is 10.4 Å². The van der Waals surface area contributed by atoms with Gasteiger partial charge in [-0.25, -0.2) is 4.39 Å². The van der Waals surface area contributed by atoms with Gasteiger partial charge in [0.15, 0.2) is 0 Å². The fraction of sp³-hybridized carbons (Fsp3) is 0.571. The summed E-state index contributed by atoms with van der Waals surface area (Å²) in [6, 6.07) is 7.46. The predicted octanol–water partition coefficient (Wildman–Crippen LogP) is 2.43. The Hall–Kier alpha value is -0.930. The quantitative estimate of drug-likeness (QED) is 0.745. The first kappa shape index (κ1) is 12.5. The number of aliphatic hydroxyl groups is 1. The second-order valence-corrected chi connectivity index (χ2v) is 4.80. The van der Waals surface area contributed by atoms with E-state index in [4.69, 9.17) is 5.11 Å². The van der Waals surface area contributed by atoms with Crippen molar-refractivity contribution in [3.63, 3.8) is 0 Å². The van der Waals surface area contributed by atoms with E-state index in [0.29, 0.717) is 12.0 Å². The third-order valence-electron chi connectivity index (χ3n) is 3.50. The van der Waals surface area contributed by atoms with Crippen molar-refractivity contribution >= 4 is 0 Å². The van der Waals surface area contributed by atoms with E-state index < -0.39 is 0 Å². The molecule has 3 heteroatoms. The number of nitrogens with one attached hydrogen (secondary N) is 1. The average molecular weight is 237 g/mol. The highest BCUT2D eigenvalue weighted by Gasteiger charge is 2.29. The van der Waals surface area contributed by atoms with Gasteiger partial charge in [0.1, 0.15) is 5.82 Å². The predicted molar refractivity (Wildman–Crippen MR) is 66.5 cm³/mol. The molecule has 0 saturated heterocycles. The van der Waals surface area contributed by atoms with Crippen LogP contribution in [0.3, 0.4) is 0 Å². The monoisotopic (exact) mass is 237 g/mol. The van der Waals surface area contributed by atoms with Gasteiger partial charge in [-0.3, -0.25) is 0 Å². The molecule has 2 rings (SSSR count). The second-order valence-electron chi connectivity index (χ2n) is 4.80. The van der Waals surface area contributed by atoms with Crippen molar-refractivity contribution in [2.45, 2.75) is 37.6 Å². The molecule has 1 aromatic rings. The van der Waals surface area contributed by atoms with Crippen LogP contribution in [-0.4, -0.2) is 24.3 Å². The summed E-state index contributed by atoms with van der Waals surface area (Å²) in [5, 5.41) is 12.1. The Bertz CT molecular complexity index is 333. The summed E-state index contributed by atoms with van der Waals surface area (Å²) in [6.45, 7) is 1.27. The van der Waals surface area contributed by atoms with E-state index in [1.54, 1.807) is 0 Å². The summed E-state index contributed by atoms with van der Waals surface area (Å²) >= 11 is 0. The van der Waals surface area contributed by atoms with Gasteiger partial charge in [0, 0.05) is 12.6 Å². The molecule has 0 bridgehead atoms. The maximum Gasteiger partial charge on any atom is 0.123 e. The summed E-state index contributed by atoms with van der Waals surface area (Å²) < 4.78 is 12.8. The standard InChI is InChI=1S/C14H20FNO/c15-13-5-3-11(4-6-13)12-9-14(10-12)16-7-1-2-8-17/h3-6,12,14,16-17H,1-2,7-10H2. The van der Waals surface area contributed by atoms with Crippen LogP contribution in [0.1, 0.15) is 37.2 Å². The Morgan fingerprint density at radius 2 is 1.88 bits per heavy atom. The summed E-state index contributed by atoms with van der Waals surface area (Å²) in [7, 11) is 0. The molecule has 0 aromatic heterocycles. The van der Waals surface area contributed by atoms with Gasteiger partial charge in [-0.05, 0) is 55.8 Å². The minimum atomic E-state index is -0.160. The molecule has 17 heavy (non-hydrogen) atoms. The molecule has 1 aliphatic carbocycles. The molecule has 0 radical (unpaired) electrons. The molecule has 0 atom stereocenters. The number of halogens is 1. The van der Waals surface area contributed by atoms with Crippen LogP contribution in [0.5, 0.6) is 0 Å². The van der Waals surface area contributed by atoms with Crippen LogP contribution in [-0.2, 0) is 0 Å². The molecule has 0 aliphatic heterocycles. The first-order valence-electron chi connectivity index (χ1n) is 6.39. The highest BCUT2D eigenvalue weighted by Crippen LogP contribution is 2.36. The van der Waals surface area contributed by atoms with Gasteiger partial charge in [-0.15, -0.1) is 0 Å². The van der Waals surface area contributed by atoms with E-state index in [9.17, 15) is 4.39 Å². The van der Waals surface area contributed by atoms with Crippen molar-refractivity contribution in [1.82, 2.24) is 5.32 Å². The summed E-state index contributed by atoms with van der Waals surface area (Å²) in [4.78, 5) is 0. The van der Waals surface area contributed by atoms with E-state index in [0.717, 1.165) is 32.2 Å². The molecule has 2 nitrogen and oxygen atoms in total. The first-order valence-corrected chi connectivity index (χ1v) is 6.39. The van der Waals surface area contributed by atoms with Crippen LogP contribution in [0.25, 0.3) is 0 Å². The Morgan fingerprint density at radius 1 is 1.18 bits per heavy atom. The number of rotatable bonds is 6. The van der Waals surface area contributed by atoms with Crippen LogP contribution < -0.4 is 5.32 Å². The lowest BCUT2D eigenvalue weighted by Crippen LogP contribution is -2.40. The van der Waals surface area contributed by atoms with E-state index >= 15 is 0 Å². The highest BCUT2D eigenvalue weighted by molar-refractivity contribution is 5.23. The van der Waals surface area contributed by atoms with Gasteiger partial charge in [0.2, 0.25) is 0 Å². The minimum Gasteiger partial charge on any atom is -0.396 e. The number of hydrogen-bond donors (Lipinski definition) is 2. The molecule has 0 unspecified atom stereocenters. The Labute approximate surface area is 102 Å². The van der Waals surface area contributed by atoms with Crippen molar-refractivity contribution in [3.8, 4) is 0 Å². The third kappa shape index (κ3) is 3.51. The van der Waals surface area contributed by atoms with Crippen LogP contribution in [0, 0.1) is 5.82 Å². The largest absolute Gasteiger partial charge is 0.396 e. The second kappa shape index (κ2) is 6.12. The number of benzene rings is 1. The molecule has 1 saturated carbocycles. The summed E-state index contributed by atoms with van der Waals surface area (Å²) in [6.07, 6.45) is 4.20. The summed E-state index contributed by atoms with van der Waals surface area (Å²) in [5.41, 5.74) is 1.25. The molecule has 94 valence electrons. The number of hydrogen-bond acceptors (Lipinski definition) is 2. The number of unbranched alkanes of at least 4 members (excludes halogenated alkanes) is 1. The molecule has 0 heterocycles. The molecule has 0 spiro atoms. The lowest BCUT2D eigenvalue weighted by atomic mass is 9.76. The third-order valence-corrected chi connectivity index (χ3v) is 3.50. The van der Waals surface area contributed by atoms with Crippen LogP contribution >= 0.6 is 0 Å². The Balaban J connectivity index is 1.66. The molecule has 1 fully saturated rings. The van der Waals surface area contributed by atoms with Crippen molar-refractivity contribution in [1.29, 1.82) is 0 Å². The summed E-state index contributed by atoms with van der Waals surface area (Å²) in [5.74, 6) is 0.428.